The number of aryl methyl sites for hydroxylation is 4. The molecule has 0 aliphatic rings. The van der Waals surface area contributed by atoms with Crippen LogP contribution in [0.2, 0.25) is 0 Å². The van der Waals surface area contributed by atoms with Crippen LogP contribution in [0, 0.1) is 20.8 Å². The van der Waals surface area contributed by atoms with E-state index in [1.54, 1.807) is 0 Å². The molecule has 0 amide bonds. The summed E-state index contributed by atoms with van der Waals surface area (Å²) in [5, 5.41) is 7.69. The van der Waals surface area contributed by atoms with Crippen molar-refractivity contribution in [2.75, 3.05) is 6.54 Å². The van der Waals surface area contributed by atoms with Crippen LogP contribution in [0.3, 0.4) is 0 Å². The number of hydrogen-bond acceptors (Lipinski definition) is 2. The average molecular weight is 257 g/mol. The van der Waals surface area contributed by atoms with E-state index < -0.39 is 0 Å². The van der Waals surface area contributed by atoms with Crippen LogP contribution in [-0.2, 0) is 20.0 Å². The van der Waals surface area contributed by atoms with Gasteiger partial charge in [-0.25, -0.2) is 0 Å². The van der Waals surface area contributed by atoms with E-state index >= 15 is 0 Å². The van der Waals surface area contributed by atoms with Crippen molar-refractivity contribution in [1.29, 1.82) is 0 Å². The Balaban J connectivity index is 1.84. The molecule has 0 fully saturated rings. The number of nitrogens with zero attached hydrogens (tertiary/aromatic N) is 2. The zero-order valence-electron chi connectivity index (χ0n) is 12.3. The van der Waals surface area contributed by atoms with Gasteiger partial charge < -0.3 is 5.32 Å². The Bertz CT molecular complexity index is 555. The molecule has 1 heterocycles. The number of rotatable bonds is 5. The van der Waals surface area contributed by atoms with Gasteiger partial charge in [-0.05, 0) is 61.6 Å². The molecule has 0 spiro atoms. The quantitative estimate of drug-likeness (QED) is 0.835. The Morgan fingerprint density at radius 2 is 1.84 bits per heavy atom. The number of hydrogen-bond donors (Lipinski definition) is 1. The predicted molar refractivity (Wildman–Crippen MR) is 79.3 cm³/mol. The number of nitrogens with one attached hydrogen (secondary N) is 1. The maximum Gasteiger partial charge on any atom is 0.0522 e. The first-order valence-corrected chi connectivity index (χ1v) is 6.81. The van der Waals surface area contributed by atoms with Crippen molar-refractivity contribution in [3.05, 3.63) is 52.3 Å². The fourth-order valence-electron chi connectivity index (χ4n) is 2.27. The fourth-order valence-corrected chi connectivity index (χ4v) is 2.27. The van der Waals surface area contributed by atoms with Gasteiger partial charge in [-0.2, -0.15) is 5.10 Å². The highest BCUT2D eigenvalue weighted by molar-refractivity contribution is 5.36. The molecule has 0 aliphatic carbocycles. The lowest BCUT2D eigenvalue weighted by molar-refractivity contribution is 0.683. The molecule has 0 radical (unpaired) electrons. The van der Waals surface area contributed by atoms with Gasteiger partial charge in [-0.3, -0.25) is 4.68 Å². The summed E-state index contributed by atoms with van der Waals surface area (Å²) in [6, 6.07) is 4.56. The van der Waals surface area contributed by atoms with Crippen molar-refractivity contribution >= 4 is 0 Å². The summed E-state index contributed by atoms with van der Waals surface area (Å²) < 4.78 is 1.85. The van der Waals surface area contributed by atoms with Crippen LogP contribution in [0.1, 0.15) is 27.8 Å². The highest BCUT2D eigenvalue weighted by Gasteiger charge is 2.02. The molecule has 0 bridgehead atoms. The molecule has 0 unspecified atom stereocenters. The Morgan fingerprint density at radius 1 is 1.11 bits per heavy atom. The highest BCUT2D eigenvalue weighted by Crippen LogP contribution is 2.15. The van der Waals surface area contributed by atoms with Gasteiger partial charge in [-0.15, -0.1) is 0 Å². The van der Waals surface area contributed by atoms with Crippen molar-refractivity contribution < 1.29 is 0 Å². The Kier molecular flexibility index (Phi) is 4.38. The summed E-state index contributed by atoms with van der Waals surface area (Å²) in [6.07, 6.45) is 5.03. The summed E-state index contributed by atoms with van der Waals surface area (Å²) in [4.78, 5) is 0. The van der Waals surface area contributed by atoms with Gasteiger partial charge in [0.1, 0.15) is 0 Å². The van der Waals surface area contributed by atoms with Gasteiger partial charge in [0.05, 0.1) is 6.20 Å². The predicted octanol–water partition coefficient (Wildman–Crippen LogP) is 2.68. The first-order chi connectivity index (χ1) is 9.06. The molecule has 0 saturated heterocycles. The molecular weight excluding hydrogens is 234 g/mol. The molecule has 1 N–H and O–H groups in total. The van der Waals surface area contributed by atoms with Crippen LogP contribution in [-0.4, -0.2) is 16.3 Å². The molecule has 2 rings (SSSR count). The van der Waals surface area contributed by atoms with Gasteiger partial charge in [-0.1, -0.05) is 12.1 Å². The first-order valence-electron chi connectivity index (χ1n) is 6.81. The summed E-state index contributed by atoms with van der Waals surface area (Å²) >= 11 is 0. The van der Waals surface area contributed by atoms with Crippen LogP contribution in [0.25, 0.3) is 0 Å². The number of aromatic nitrogens is 2. The van der Waals surface area contributed by atoms with E-state index in [2.05, 4.69) is 49.5 Å². The zero-order chi connectivity index (χ0) is 13.8. The number of benzene rings is 1. The maximum absolute atomic E-state index is 4.18. The molecule has 1 aromatic heterocycles. The van der Waals surface area contributed by atoms with Crippen LogP contribution in [0.4, 0.5) is 0 Å². The van der Waals surface area contributed by atoms with Gasteiger partial charge >= 0.3 is 0 Å². The van der Waals surface area contributed by atoms with Gasteiger partial charge in [0.2, 0.25) is 0 Å². The topological polar surface area (TPSA) is 29.9 Å². The summed E-state index contributed by atoms with van der Waals surface area (Å²) in [5.41, 5.74) is 6.80. The van der Waals surface area contributed by atoms with E-state index in [4.69, 9.17) is 0 Å². The monoisotopic (exact) mass is 257 g/mol. The molecule has 0 atom stereocenters. The maximum atomic E-state index is 4.18. The van der Waals surface area contributed by atoms with Crippen molar-refractivity contribution in [2.45, 2.75) is 33.7 Å². The standard InChI is InChI=1S/C16H23N3/c1-12-7-14(3)16(8-13(12)2)10-17-6-5-15-9-18-19(4)11-15/h7-9,11,17H,5-6,10H2,1-4H3. The van der Waals surface area contributed by atoms with E-state index in [9.17, 15) is 0 Å². The second-order valence-electron chi connectivity index (χ2n) is 5.31. The summed E-state index contributed by atoms with van der Waals surface area (Å²) in [7, 11) is 1.95. The van der Waals surface area contributed by atoms with Crippen LogP contribution in [0.15, 0.2) is 24.5 Å². The third-order valence-corrected chi connectivity index (χ3v) is 3.62. The Morgan fingerprint density at radius 3 is 2.53 bits per heavy atom. The van der Waals surface area contributed by atoms with E-state index in [0.29, 0.717) is 0 Å². The molecule has 1 aromatic carbocycles. The summed E-state index contributed by atoms with van der Waals surface area (Å²) in [6.45, 7) is 8.45. The van der Waals surface area contributed by atoms with Crippen LogP contribution < -0.4 is 5.32 Å². The second-order valence-corrected chi connectivity index (χ2v) is 5.31. The molecular formula is C16H23N3. The fraction of sp³-hybridized carbons (Fsp3) is 0.438. The van der Waals surface area contributed by atoms with Gasteiger partial charge in [0.15, 0.2) is 0 Å². The second kappa shape index (κ2) is 6.02. The molecule has 0 aliphatic heterocycles. The average Bonchev–Trinajstić information content (AvgIpc) is 2.77. The first kappa shape index (κ1) is 13.8. The van der Waals surface area contributed by atoms with Gasteiger partial charge in [0, 0.05) is 19.8 Å². The molecule has 3 nitrogen and oxygen atoms in total. The van der Waals surface area contributed by atoms with E-state index in [1.165, 1.54) is 27.8 Å². The highest BCUT2D eigenvalue weighted by atomic mass is 15.2. The van der Waals surface area contributed by atoms with Crippen molar-refractivity contribution in [3.63, 3.8) is 0 Å². The molecule has 19 heavy (non-hydrogen) atoms. The SMILES string of the molecule is Cc1cc(C)c(CNCCc2cnn(C)c2)cc1C. The van der Waals surface area contributed by atoms with Crippen LogP contribution >= 0.6 is 0 Å². The minimum absolute atomic E-state index is 0.938. The molecule has 0 saturated carbocycles. The Hall–Kier alpha value is -1.61. The van der Waals surface area contributed by atoms with Crippen molar-refractivity contribution in [1.82, 2.24) is 15.1 Å². The Labute approximate surface area is 115 Å². The zero-order valence-corrected chi connectivity index (χ0v) is 12.3. The molecule has 3 heteroatoms. The van der Waals surface area contributed by atoms with Crippen molar-refractivity contribution in [3.8, 4) is 0 Å². The third kappa shape index (κ3) is 3.67. The largest absolute Gasteiger partial charge is 0.312 e. The minimum atomic E-state index is 0.938. The van der Waals surface area contributed by atoms with E-state index in [0.717, 1.165) is 19.5 Å². The summed E-state index contributed by atoms with van der Waals surface area (Å²) in [5.74, 6) is 0. The smallest absolute Gasteiger partial charge is 0.0522 e. The van der Waals surface area contributed by atoms with Crippen LogP contribution in [0.5, 0.6) is 0 Å². The normalized spacial score (nSPS) is 10.9. The van der Waals surface area contributed by atoms with Crippen molar-refractivity contribution in [2.24, 2.45) is 7.05 Å². The lowest BCUT2D eigenvalue weighted by Gasteiger charge is -2.10. The van der Waals surface area contributed by atoms with E-state index in [-0.39, 0.29) is 0 Å². The van der Waals surface area contributed by atoms with Gasteiger partial charge in [0.25, 0.3) is 0 Å². The third-order valence-electron chi connectivity index (χ3n) is 3.62. The molecule has 102 valence electrons. The molecule has 2 aromatic rings. The van der Waals surface area contributed by atoms with E-state index in [1.807, 2.05) is 17.9 Å². The lowest BCUT2D eigenvalue weighted by atomic mass is 10.0. The lowest BCUT2D eigenvalue weighted by Crippen LogP contribution is -2.17. The minimum Gasteiger partial charge on any atom is -0.312 e.